The summed E-state index contributed by atoms with van der Waals surface area (Å²) in [5.41, 5.74) is 6.46. The number of rotatable bonds is 3. The van der Waals surface area contributed by atoms with E-state index < -0.39 is 0 Å². The van der Waals surface area contributed by atoms with Gasteiger partial charge in [-0.05, 0) is 11.4 Å². The Bertz CT molecular complexity index is 552. The van der Waals surface area contributed by atoms with Crippen molar-refractivity contribution >= 4 is 45.2 Å². The van der Waals surface area contributed by atoms with Gasteiger partial charge in [-0.1, -0.05) is 11.8 Å². The maximum atomic E-state index is 11.5. The maximum Gasteiger partial charge on any atom is 0.232 e. The van der Waals surface area contributed by atoms with E-state index in [9.17, 15) is 4.79 Å². The monoisotopic (exact) mass is 268 g/mol. The van der Waals surface area contributed by atoms with E-state index in [1.807, 2.05) is 11.4 Å². The molecule has 0 unspecified atom stereocenters. The summed E-state index contributed by atoms with van der Waals surface area (Å²) < 4.78 is 0.982. The molecule has 7 heteroatoms. The third-order valence-corrected chi connectivity index (χ3v) is 4.12. The van der Waals surface area contributed by atoms with Crippen LogP contribution in [0.1, 0.15) is 0 Å². The van der Waals surface area contributed by atoms with Crippen LogP contribution in [-0.2, 0) is 4.79 Å². The third-order valence-electron chi connectivity index (χ3n) is 2.12. The van der Waals surface area contributed by atoms with Gasteiger partial charge in [-0.2, -0.15) is 0 Å². The molecule has 0 saturated carbocycles. The molecule has 0 aromatic carbocycles. The Morgan fingerprint density at radius 1 is 1.53 bits per heavy atom. The average molecular weight is 268 g/mol. The Labute approximate surface area is 107 Å². The molecule has 1 amide bonds. The molecule has 2 aromatic heterocycles. The van der Waals surface area contributed by atoms with E-state index in [0.29, 0.717) is 5.75 Å². The summed E-state index contributed by atoms with van der Waals surface area (Å²) in [4.78, 5) is 21.4. The van der Waals surface area contributed by atoms with Crippen LogP contribution in [0.3, 0.4) is 0 Å². The van der Waals surface area contributed by atoms with Gasteiger partial charge in [-0.15, -0.1) is 11.3 Å². The summed E-state index contributed by atoms with van der Waals surface area (Å²) >= 11 is 2.95. The predicted molar refractivity (Wildman–Crippen MR) is 71.2 cm³/mol. The summed E-state index contributed by atoms with van der Waals surface area (Å²) in [6, 6.07) is 1.90. The van der Waals surface area contributed by atoms with Crippen LogP contribution in [0.15, 0.2) is 16.5 Å². The van der Waals surface area contributed by atoms with Gasteiger partial charge in [0.05, 0.1) is 16.0 Å². The molecule has 0 radical (unpaired) electrons. The van der Waals surface area contributed by atoms with Gasteiger partial charge in [-0.25, -0.2) is 9.97 Å². The first-order valence-corrected chi connectivity index (χ1v) is 6.78. The minimum Gasteiger partial charge on any atom is -0.368 e. The number of anilines is 1. The van der Waals surface area contributed by atoms with Crippen molar-refractivity contribution in [1.82, 2.24) is 14.9 Å². The van der Waals surface area contributed by atoms with Crippen molar-refractivity contribution < 1.29 is 4.79 Å². The molecule has 2 rings (SSSR count). The number of nitrogens with zero attached hydrogens (tertiary/aromatic N) is 3. The molecule has 0 bridgehead atoms. The Kier molecular flexibility index (Phi) is 3.49. The van der Waals surface area contributed by atoms with Crippen LogP contribution in [0.2, 0.25) is 0 Å². The lowest BCUT2D eigenvalue weighted by atomic mass is 10.5. The van der Waals surface area contributed by atoms with Crippen molar-refractivity contribution in [2.24, 2.45) is 0 Å². The first kappa shape index (κ1) is 12.1. The number of hydrogen-bond acceptors (Lipinski definition) is 6. The van der Waals surface area contributed by atoms with E-state index in [2.05, 4.69) is 9.97 Å². The van der Waals surface area contributed by atoms with E-state index in [1.54, 1.807) is 30.3 Å². The molecule has 0 fully saturated rings. The number of nitrogen functional groups attached to an aromatic ring is 1. The Balaban J connectivity index is 2.23. The molecule has 90 valence electrons. The van der Waals surface area contributed by atoms with Crippen molar-refractivity contribution in [3.05, 3.63) is 11.4 Å². The molecule has 17 heavy (non-hydrogen) atoms. The van der Waals surface area contributed by atoms with E-state index in [1.165, 1.54) is 11.8 Å². The highest BCUT2D eigenvalue weighted by Gasteiger charge is 2.11. The smallest absolute Gasteiger partial charge is 0.232 e. The highest BCUT2D eigenvalue weighted by Crippen LogP contribution is 2.29. The maximum absolute atomic E-state index is 11.5. The quantitative estimate of drug-likeness (QED) is 0.674. The minimum absolute atomic E-state index is 0.0527. The fourth-order valence-electron chi connectivity index (χ4n) is 1.21. The zero-order valence-corrected chi connectivity index (χ0v) is 11.1. The van der Waals surface area contributed by atoms with Gasteiger partial charge in [0.2, 0.25) is 11.9 Å². The number of aromatic nitrogens is 2. The first-order chi connectivity index (χ1) is 8.08. The Hall–Kier alpha value is -1.34. The van der Waals surface area contributed by atoms with Crippen molar-refractivity contribution in [1.29, 1.82) is 0 Å². The van der Waals surface area contributed by atoms with Crippen LogP contribution in [0.4, 0.5) is 5.95 Å². The average Bonchev–Trinajstić information content (AvgIpc) is 2.72. The molecule has 0 aliphatic heterocycles. The van der Waals surface area contributed by atoms with Gasteiger partial charge < -0.3 is 10.6 Å². The number of thiophene rings is 1. The van der Waals surface area contributed by atoms with E-state index in [0.717, 1.165) is 15.2 Å². The van der Waals surface area contributed by atoms with Crippen LogP contribution < -0.4 is 5.73 Å². The van der Waals surface area contributed by atoms with E-state index >= 15 is 0 Å². The molecular formula is C10H12N4OS2. The second-order valence-corrected chi connectivity index (χ2v) is 5.48. The lowest BCUT2D eigenvalue weighted by Gasteiger charge is -2.09. The highest BCUT2D eigenvalue weighted by molar-refractivity contribution is 8.00. The van der Waals surface area contributed by atoms with Crippen molar-refractivity contribution in [3.63, 3.8) is 0 Å². The summed E-state index contributed by atoms with van der Waals surface area (Å²) in [5.74, 6) is 0.656. The number of carbonyl (C=O) groups excluding carboxylic acids is 1. The zero-order valence-electron chi connectivity index (χ0n) is 9.51. The number of thioether (sulfide) groups is 1. The third kappa shape index (κ3) is 2.67. The van der Waals surface area contributed by atoms with Gasteiger partial charge in [0.1, 0.15) is 5.03 Å². The summed E-state index contributed by atoms with van der Waals surface area (Å²) in [6.07, 6.45) is 0. The van der Waals surface area contributed by atoms with Gasteiger partial charge >= 0.3 is 0 Å². The predicted octanol–water partition coefficient (Wildman–Crippen LogP) is 1.45. The topological polar surface area (TPSA) is 72.1 Å². The van der Waals surface area contributed by atoms with E-state index in [-0.39, 0.29) is 11.9 Å². The largest absolute Gasteiger partial charge is 0.368 e. The van der Waals surface area contributed by atoms with Crippen LogP contribution in [-0.4, -0.2) is 40.6 Å². The van der Waals surface area contributed by atoms with Crippen molar-refractivity contribution in [2.45, 2.75) is 5.03 Å². The molecular weight excluding hydrogens is 256 g/mol. The van der Waals surface area contributed by atoms with Crippen LogP contribution >= 0.6 is 23.1 Å². The number of carbonyl (C=O) groups is 1. The lowest BCUT2D eigenvalue weighted by Crippen LogP contribution is -2.23. The number of fused-ring (bicyclic) bond motifs is 1. The molecule has 0 aliphatic rings. The Morgan fingerprint density at radius 2 is 2.29 bits per heavy atom. The number of amides is 1. The molecule has 0 spiro atoms. The SMILES string of the molecule is CN(C)C(=O)CSc1nc(N)nc2ccsc12. The normalized spacial score (nSPS) is 10.7. The summed E-state index contributed by atoms with van der Waals surface area (Å²) in [5, 5.41) is 2.72. The van der Waals surface area contributed by atoms with Gasteiger partial charge in [0.15, 0.2) is 0 Å². The van der Waals surface area contributed by atoms with Gasteiger partial charge in [0, 0.05) is 14.1 Å². The molecule has 2 aromatic rings. The molecule has 0 atom stereocenters. The molecule has 2 N–H and O–H groups in total. The van der Waals surface area contributed by atoms with Gasteiger partial charge in [0.25, 0.3) is 0 Å². The zero-order chi connectivity index (χ0) is 12.4. The molecule has 2 heterocycles. The number of nitrogens with two attached hydrogens (primary N) is 1. The summed E-state index contributed by atoms with van der Waals surface area (Å²) in [7, 11) is 3.47. The molecule has 0 saturated heterocycles. The lowest BCUT2D eigenvalue weighted by molar-refractivity contribution is -0.125. The Morgan fingerprint density at radius 3 is 3.00 bits per heavy atom. The fraction of sp³-hybridized carbons (Fsp3) is 0.300. The van der Waals surface area contributed by atoms with Gasteiger partial charge in [-0.3, -0.25) is 4.79 Å². The molecule has 5 nitrogen and oxygen atoms in total. The minimum atomic E-state index is 0.0527. The standard InChI is InChI=1S/C10H12N4OS2/c1-14(2)7(15)5-17-9-8-6(3-4-16-8)12-10(11)13-9/h3-4H,5H2,1-2H3,(H2,11,12,13). The van der Waals surface area contributed by atoms with E-state index in [4.69, 9.17) is 5.73 Å². The fourth-order valence-corrected chi connectivity index (χ4v) is 3.16. The second kappa shape index (κ2) is 4.89. The first-order valence-electron chi connectivity index (χ1n) is 4.91. The van der Waals surface area contributed by atoms with Crippen molar-refractivity contribution in [2.75, 3.05) is 25.6 Å². The summed E-state index contributed by atoms with van der Waals surface area (Å²) in [6.45, 7) is 0. The highest BCUT2D eigenvalue weighted by atomic mass is 32.2. The number of hydrogen-bond donors (Lipinski definition) is 1. The second-order valence-electron chi connectivity index (χ2n) is 3.60. The van der Waals surface area contributed by atoms with Crippen LogP contribution in [0.25, 0.3) is 10.2 Å². The van der Waals surface area contributed by atoms with Crippen molar-refractivity contribution in [3.8, 4) is 0 Å². The van der Waals surface area contributed by atoms with Crippen LogP contribution in [0.5, 0.6) is 0 Å². The van der Waals surface area contributed by atoms with Crippen LogP contribution in [0, 0.1) is 0 Å². The molecule has 0 aliphatic carbocycles.